The molecule has 7 rings (SSSR count). The van der Waals surface area contributed by atoms with Gasteiger partial charge in [-0.2, -0.15) is 26.3 Å². The van der Waals surface area contributed by atoms with Crippen LogP contribution < -0.4 is 5.73 Å². The number of para-hydroxylation sites is 1. The largest absolute Gasteiger partial charge is 0.478 e. The van der Waals surface area contributed by atoms with E-state index in [0.29, 0.717) is 16.7 Å². The Balaban J connectivity index is 0.000000409. The quantitative estimate of drug-likeness (QED) is 0.0588. The number of ketones is 1. The standard InChI is InChI=1S/C8H7IO.2C7H4F3I.3C7H5IO2.C6H6IN/c1-6(10)7-2-4-8(9)5-3-7;8-7(9,10)5-1-3-6(11)4-2-5;8-7(9,10)5-3-1-2-4-6(5)11;8-6-3-1-5(2-4-6)7(9)10;8-6-3-1-2-5(4-6)7(9)10;8-6-4-2-1-3-5(6)7(9)10;7-5-3-1-2-4-6(5)8/h2-5H,1H3;2*1-4H;3*1-4H,(H,9,10);1-4H,8H2. The van der Waals surface area contributed by atoms with E-state index in [0.717, 1.165) is 50.9 Å². The lowest BCUT2D eigenvalue weighted by molar-refractivity contribution is -0.138. The number of aromatic carboxylic acids is 3. The molecule has 0 aromatic heterocycles. The van der Waals surface area contributed by atoms with Gasteiger partial charge < -0.3 is 21.1 Å². The molecule has 0 bridgehead atoms. The van der Waals surface area contributed by atoms with Gasteiger partial charge in [-0.15, -0.1) is 0 Å². The number of nitrogens with two attached hydrogens (primary N) is 1. The first-order valence-corrected chi connectivity index (χ1v) is 26.6. The highest BCUT2D eigenvalue weighted by atomic mass is 127. The first-order valence-electron chi connectivity index (χ1n) is 19.0. The zero-order chi connectivity index (χ0) is 53.2. The van der Waals surface area contributed by atoms with Gasteiger partial charge in [0.25, 0.3) is 0 Å². The van der Waals surface area contributed by atoms with Crippen LogP contribution in [0.1, 0.15) is 59.5 Å². The summed E-state index contributed by atoms with van der Waals surface area (Å²) >= 11 is 14.2. The minimum absolute atomic E-state index is 0.122. The molecule has 7 aromatic rings. The third-order valence-electron chi connectivity index (χ3n) is 7.77. The lowest BCUT2D eigenvalue weighted by Crippen LogP contribution is -2.06. The molecule has 0 saturated heterocycles. The monoisotopic (exact) mass is 1750 g/mol. The van der Waals surface area contributed by atoms with Gasteiger partial charge in [0.15, 0.2) is 5.78 Å². The van der Waals surface area contributed by atoms with Crippen LogP contribution in [0.5, 0.6) is 0 Å². The number of carbonyl (C=O) groups is 4. The number of carboxylic acids is 3. The molecule has 8 nitrogen and oxygen atoms in total. The summed E-state index contributed by atoms with van der Waals surface area (Å²) in [7, 11) is 0. The van der Waals surface area contributed by atoms with Crippen molar-refractivity contribution in [2.75, 3.05) is 5.73 Å². The number of rotatable bonds is 4. The SMILES string of the molecule is CC(=O)c1ccc(I)cc1.FC(F)(F)c1ccc(I)cc1.FC(F)(F)c1ccccc1I.Nc1ccccc1I.O=C(O)c1ccc(I)cc1.O=C(O)c1cccc(I)c1.O=C(O)c1ccccc1I. The number of anilines is 1. The average molecular weight is 1750 g/mol. The Labute approximate surface area is 495 Å². The molecule has 0 unspecified atom stereocenters. The predicted octanol–water partition coefficient (Wildman–Crippen LogP) is 17.0. The van der Waals surface area contributed by atoms with Crippen LogP contribution in [0.3, 0.4) is 0 Å². The summed E-state index contributed by atoms with van der Waals surface area (Å²) in [5.41, 5.74) is 7.01. The van der Waals surface area contributed by atoms with E-state index in [4.69, 9.17) is 21.1 Å². The number of hydrogen-bond acceptors (Lipinski definition) is 5. The van der Waals surface area contributed by atoms with E-state index in [1.807, 2.05) is 106 Å². The fourth-order valence-corrected chi connectivity index (χ4v) is 7.66. The van der Waals surface area contributed by atoms with Crippen molar-refractivity contribution in [2.24, 2.45) is 0 Å². The lowest BCUT2D eigenvalue weighted by Gasteiger charge is -2.07. The fraction of sp³-hybridized carbons (Fsp3) is 0.0612. The number of hydrogen-bond donors (Lipinski definition) is 4. The van der Waals surface area contributed by atoms with E-state index in [-0.39, 0.29) is 9.35 Å². The molecule has 0 fully saturated rings. The van der Waals surface area contributed by atoms with Gasteiger partial charge >= 0.3 is 30.3 Å². The third-order valence-corrected chi connectivity index (χ3v) is 13.5. The highest BCUT2D eigenvalue weighted by Gasteiger charge is 2.32. The van der Waals surface area contributed by atoms with E-state index < -0.39 is 41.4 Å². The Kier molecular flexibility index (Phi) is 31.4. The van der Waals surface area contributed by atoms with E-state index in [9.17, 15) is 45.5 Å². The summed E-state index contributed by atoms with van der Waals surface area (Å²) in [6.45, 7) is 1.57. The predicted molar refractivity (Wildman–Crippen MR) is 319 cm³/mol. The molecule has 0 aliphatic carbocycles. The van der Waals surface area contributed by atoms with Crippen LogP contribution in [0.25, 0.3) is 0 Å². The maximum absolute atomic E-state index is 12.0. The molecule has 0 aliphatic heterocycles. The summed E-state index contributed by atoms with van der Waals surface area (Å²) in [4.78, 5) is 41.8. The fourth-order valence-electron chi connectivity index (χ4n) is 4.34. The van der Waals surface area contributed by atoms with Crippen LogP contribution in [0.15, 0.2) is 170 Å². The molecule has 370 valence electrons. The van der Waals surface area contributed by atoms with Crippen LogP contribution in [0.2, 0.25) is 0 Å². The van der Waals surface area contributed by atoms with Crippen LogP contribution in [0, 0.1) is 25.0 Å². The maximum Gasteiger partial charge on any atom is 0.417 e. The normalized spacial score (nSPS) is 10.0. The zero-order valence-electron chi connectivity index (χ0n) is 35.6. The zero-order valence-corrected chi connectivity index (χ0v) is 50.7. The van der Waals surface area contributed by atoms with Crippen molar-refractivity contribution in [3.8, 4) is 0 Å². The van der Waals surface area contributed by atoms with Crippen LogP contribution in [-0.4, -0.2) is 39.0 Å². The van der Waals surface area contributed by atoms with Gasteiger partial charge in [-0.05, 0) is 280 Å². The van der Waals surface area contributed by atoms with Gasteiger partial charge in [0.05, 0.1) is 27.8 Å². The number of carboxylic acid groups (broad SMARTS) is 3. The number of Topliss-reactive ketones (excluding diaryl/α,β-unsaturated/α-hetero) is 1. The van der Waals surface area contributed by atoms with Crippen molar-refractivity contribution in [3.05, 3.63) is 228 Å². The summed E-state index contributed by atoms with van der Waals surface area (Å²) in [5.74, 6) is -2.50. The van der Waals surface area contributed by atoms with Crippen LogP contribution >= 0.6 is 158 Å². The van der Waals surface area contributed by atoms with Crippen molar-refractivity contribution in [2.45, 2.75) is 19.3 Å². The summed E-state index contributed by atoms with van der Waals surface area (Å²) in [6.07, 6.45) is -8.44. The second kappa shape index (κ2) is 33.8. The van der Waals surface area contributed by atoms with Gasteiger partial charge in [-0.25, -0.2) is 14.4 Å². The first kappa shape index (κ1) is 65.1. The van der Waals surface area contributed by atoms with Gasteiger partial charge in [-0.3, -0.25) is 4.79 Å². The molecular weight excluding hydrogens is 1720 g/mol. The number of alkyl halides is 6. The Morgan fingerprint density at radius 3 is 1.14 bits per heavy atom. The molecule has 0 atom stereocenters. The smallest absolute Gasteiger partial charge is 0.417 e. The Morgan fingerprint density at radius 1 is 0.414 bits per heavy atom. The third kappa shape index (κ3) is 27.8. The molecule has 0 radical (unpaired) electrons. The van der Waals surface area contributed by atoms with Crippen molar-refractivity contribution in [1.29, 1.82) is 0 Å². The summed E-state index contributed by atoms with van der Waals surface area (Å²) in [5, 5.41) is 25.5. The van der Waals surface area contributed by atoms with E-state index in [1.165, 1.54) is 24.3 Å². The molecule has 0 amide bonds. The number of nitrogen functional groups attached to an aromatic ring is 1. The molecular formula is C49H36F6I7NO7. The van der Waals surface area contributed by atoms with Crippen molar-refractivity contribution < 1.29 is 60.8 Å². The maximum atomic E-state index is 12.0. The van der Waals surface area contributed by atoms with Crippen LogP contribution in [0.4, 0.5) is 32.0 Å². The minimum Gasteiger partial charge on any atom is -0.478 e. The van der Waals surface area contributed by atoms with Gasteiger partial charge in [0.2, 0.25) is 0 Å². The summed E-state index contributed by atoms with van der Waals surface area (Å²) < 4.78 is 77.9. The minimum atomic E-state index is -4.22. The highest BCUT2D eigenvalue weighted by molar-refractivity contribution is 14.1. The number of halogens is 13. The van der Waals surface area contributed by atoms with E-state index in [1.54, 1.807) is 96.2 Å². The molecule has 0 saturated carbocycles. The molecule has 7 aromatic carbocycles. The Bertz CT molecular complexity index is 2670. The average Bonchev–Trinajstić information content (AvgIpc) is 3.29. The van der Waals surface area contributed by atoms with Gasteiger partial charge in [0.1, 0.15) is 0 Å². The van der Waals surface area contributed by atoms with Crippen molar-refractivity contribution >= 4 is 188 Å². The van der Waals surface area contributed by atoms with Gasteiger partial charge in [-0.1, -0.05) is 54.6 Å². The Hall–Kier alpha value is -2.89. The molecule has 70 heavy (non-hydrogen) atoms. The van der Waals surface area contributed by atoms with Gasteiger partial charge in [0, 0.05) is 36.2 Å². The molecule has 0 aliphatic rings. The van der Waals surface area contributed by atoms with E-state index >= 15 is 0 Å². The topological polar surface area (TPSA) is 155 Å². The van der Waals surface area contributed by atoms with Crippen LogP contribution in [-0.2, 0) is 12.4 Å². The van der Waals surface area contributed by atoms with Crippen molar-refractivity contribution in [3.63, 3.8) is 0 Å². The highest BCUT2D eigenvalue weighted by Crippen LogP contribution is 2.32. The molecule has 0 heterocycles. The lowest BCUT2D eigenvalue weighted by atomic mass is 10.2. The summed E-state index contributed by atoms with van der Waals surface area (Å²) in [6, 6.07) is 46.2. The first-order chi connectivity index (χ1) is 32.6. The second-order valence-electron chi connectivity index (χ2n) is 13.0. The second-order valence-corrected chi connectivity index (χ2v) is 21.4. The number of carbonyl (C=O) groups excluding carboxylic acids is 1. The van der Waals surface area contributed by atoms with E-state index in [2.05, 4.69) is 90.4 Å². The molecule has 0 spiro atoms. The van der Waals surface area contributed by atoms with Crippen molar-refractivity contribution in [1.82, 2.24) is 0 Å². The molecule has 21 heteroatoms. The Morgan fingerprint density at radius 2 is 0.829 bits per heavy atom. The number of benzene rings is 7. The molecule has 5 N–H and O–H groups in total.